The predicted octanol–water partition coefficient (Wildman–Crippen LogP) is 4.63. The third-order valence-corrected chi connectivity index (χ3v) is 8.58. The number of ether oxygens (including phenoxy) is 1. The van der Waals surface area contributed by atoms with Crippen molar-refractivity contribution in [2.45, 2.75) is 52.1 Å². The summed E-state index contributed by atoms with van der Waals surface area (Å²) in [4.78, 5) is 42.2. The number of likely N-dealkylation sites (N-methyl/N-ethyl adjacent to an activating group) is 1. The molecule has 5 rings (SSSR count). The van der Waals surface area contributed by atoms with Crippen molar-refractivity contribution in [1.29, 1.82) is 0 Å². The summed E-state index contributed by atoms with van der Waals surface area (Å²) in [6.45, 7) is 10.9. The second-order valence-corrected chi connectivity index (χ2v) is 12.1. The number of alkyl halides is 3. The lowest BCUT2D eigenvalue weighted by molar-refractivity contribution is -0.138. The molecule has 2 N–H and O–H groups in total. The summed E-state index contributed by atoms with van der Waals surface area (Å²) < 4.78 is 63.0. The first-order chi connectivity index (χ1) is 21.2. The Balaban J connectivity index is 1.52. The van der Waals surface area contributed by atoms with Gasteiger partial charge in [0.05, 0.1) is 35.2 Å². The Bertz CT molecular complexity index is 1580. The highest BCUT2D eigenvalue weighted by Crippen LogP contribution is 2.37. The number of aromatic nitrogens is 3. The zero-order chi connectivity index (χ0) is 32.6. The molecule has 3 atom stereocenters. The molecule has 2 aliphatic heterocycles. The lowest BCUT2D eigenvalue weighted by Gasteiger charge is -2.44. The number of nitrogens with zero attached hydrogens (tertiary/aromatic N) is 5. The molecule has 14 heteroatoms. The number of anilines is 3. The van der Waals surface area contributed by atoms with E-state index in [1.807, 2.05) is 30.7 Å². The predicted molar refractivity (Wildman–Crippen MR) is 163 cm³/mol. The molecular formula is C31H37F4N7O3. The van der Waals surface area contributed by atoms with Crippen molar-refractivity contribution in [3.8, 4) is 11.1 Å². The van der Waals surface area contributed by atoms with Gasteiger partial charge in [0, 0.05) is 74.0 Å². The van der Waals surface area contributed by atoms with E-state index in [0.717, 1.165) is 6.20 Å². The minimum Gasteiger partial charge on any atom is -0.374 e. The number of rotatable bonds is 6. The number of nitrogens with one attached hydrogen (secondary N) is 2. The van der Waals surface area contributed by atoms with Crippen LogP contribution < -0.4 is 20.7 Å². The first-order valence-electron chi connectivity index (χ1n) is 14.8. The van der Waals surface area contributed by atoms with Crippen LogP contribution >= 0.6 is 0 Å². The van der Waals surface area contributed by atoms with Gasteiger partial charge in [-0.3, -0.25) is 14.5 Å². The Morgan fingerprint density at radius 3 is 2.36 bits per heavy atom. The number of benzene rings is 1. The van der Waals surface area contributed by atoms with Crippen LogP contribution in [0.2, 0.25) is 0 Å². The maximum atomic E-state index is 15.8. The van der Waals surface area contributed by atoms with Crippen molar-refractivity contribution in [1.82, 2.24) is 19.9 Å². The number of amides is 1. The van der Waals surface area contributed by atoms with E-state index in [9.17, 15) is 22.8 Å². The lowest BCUT2D eigenvalue weighted by Crippen LogP contribution is -2.55. The highest BCUT2D eigenvalue weighted by Gasteiger charge is 2.36. The normalized spacial score (nSPS) is 21.3. The minimum atomic E-state index is -4.95. The molecule has 0 saturated carbocycles. The molecule has 10 nitrogen and oxygen atoms in total. The molecule has 1 amide bonds. The van der Waals surface area contributed by atoms with Crippen LogP contribution in [0.15, 0.2) is 41.6 Å². The third kappa shape index (κ3) is 6.96. The number of carbonyl (C=O) groups is 1. The highest BCUT2D eigenvalue weighted by atomic mass is 19.4. The fourth-order valence-electron chi connectivity index (χ4n) is 5.71. The zero-order valence-electron chi connectivity index (χ0n) is 25.8. The highest BCUT2D eigenvalue weighted by molar-refractivity contribution is 6.07. The van der Waals surface area contributed by atoms with E-state index in [0.29, 0.717) is 62.0 Å². The van der Waals surface area contributed by atoms with Gasteiger partial charge in [-0.15, -0.1) is 0 Å². The van der Waals surface area contributed by atoms with Gasteiger partial charge in [0.15, 0.2) is 0 Å². The maximum absolute atomic E-state index is 15.8. The molecule has 2 aliphatic rings. The Morgan fingerprint density at radius 1 is 1.07 bits per heavy atom. The average molecular weight is 632 g/mol. The van der Waals surface area contributed by atoms with Crippen molar-refractivity contribution in [2.24, 2.45) is 5.92 Å². The van der Waals surface area contributed by atoms with E-state index in [1.54, 1.807) is 0 Å². The number of hydrogen-bond acceptors (Lipinski definition) is 8. The van der Waals surface area contributed by atoms with Crippen LogP contribution in [0.4, 0.5) is 34.9 Å². The number of carbonyl (C=O) groups excluding carboxylic acids is 1. The zero-order valence-corrected chi connectivity index (χ0v) is 25.8. The number of morpholine rings is 1. The van der Waals surface area contributed by atoms with Gasteiger partial charge in [-0.1, -0.05) is 13.8 Å². The molecular weight excluding hydrogens is 594 g/mol. The van der Waals surface area contributed by atoms with E-state index in [4.69, 9.17) is 4.74 Å². The monoisotopic (exact) mass is 631 g/mol. The molecule has 0 aliphatic carbocycles. The Hall–Kier alpha value is -4.04. The summed E-state index contributed by atoms with van der Waals surface area (Å²) in [5.41, 5.74) is -2.32. The molecule has 2 fully saturated rings. The molecule has 0 unspecified atom stereocenters. The summed E-state index contributed by atoms with van der Waals surface area (Å²) in [6.07, 6.45) is -1.23. The smallest absolute Gasteiger partial charge is 0.374 e. The largest absolute Gasteiger partial charge is 0.417 e. The molecule has 1 aromatic carbocycles. The summed E-state index contributed by atoms with van der Waals surface area (Å²) in [7, 11) is 1.98. The van der Waals surface area contributed by atoms with Crippen molar-refractivity contribution >= 4 is 23.2 Å². The van der Waals surface area contributed by atoms with Gasteiger partial charge in [-0.25, -0.2) is 14.4 Å². The number of hydrogen-bond donors (Lipinski definition) is 2. The van der Waals surface area contributed by atoms with E-state index < -0.39 is 34.6 Å². The summed E-state index contributed by atoms with van der Waals surface area (Å²) in [5.74, 6) is -0.935. The number of halogens is 4. The van der Waals surface area contributed by atoms with Crippen LogP contribution in [0.25, 0.3) is 11.1 Å². The van der Waals surface area contributed by atoms with Gasteiger partial charge < -0.3 is 24.8 Å². The van der Waals surface area contributed by atoms with Gasteiger partial charge in [0.1, 0.15) is 5.82 Å². The van der Waals surface area contributed by atoms with Gasteiger partial charge >= 0.3 is 6.18 Å². The number of pyridine rings is 1. The topological polar surface area (TPSA) is 107 Å². The third-order valence-electron chi connectivity index (χ3n) is 8.58. The minimum absolute atomic E-state index is 0.0264. The second kappa shape index (κ2) is 12.8. The SMILES string of the molecule is CC(C)[C@H]1CN(c2ncc(-c3cc(NC(=O)c4c[nH]c(=O)cc4C(F)(F)F)c(N4C[C@@H](C)N(C)[C@@H](C)C4)cc3F)cn2)CCO1. The van der Waals surface area contributed by atoms with Crippen LogP contribution in [0.3, 0.4) is 0 Å². The van der Waals surface area contributed by atoms with E-state index in [-0.39, 0.29) is 29.4 Å². The maximum Gasteiger partial charge on any atom is 0.417 e. The van der Waals surface area contributed by atoms with Crippen molar-refractivity contribution in [3.05, 3.63) is 64.1 Å². The summed E-state index contributed by atoms with van der Waals surface area (Å²) in [6, 6.07) is 3.15. The molecule has 3 aromatic rings. The van der Waals surface area contributed by atoms with E-state index >= 15 is 4.39 Å². The van der Waals surface area contributed by atoms with Gasteiger partial charge in [-0.05, 0) is 38.9 Å². The van der Waals surface area contributed by atoms with Gasteiger partial charge in [-0.2, -0.15) is 13.2 Å². The van der Waals surface area contributed by atoms with Crippen LogP contribution in [-0.2, 0) is 10.9 Å². The van der Waals surface area contributed by atoms with Gasteiger partial charge in [0.2, 0.25) is 11.5 Å². The molecule has 45 heavy (non-hydrogen) atoms. The molecule has 2 saturated heterocycles. The van der Waals surface area contributed by atoms with Crippen LogP contribution in [0.5, 0.6) is 0 Å². The summed E-state index contributed by atoms with van der Waals surface area (Å²) in [5, 5.41) is 2.57. The second-order valence-electron chi connectivity index (χ2n) is 12.1. The molecule has 0 radical (unpaired) electrons. The lowest BCUT2D eigenvalue weighted by atomic mass is 10.0. The van der Waals surface area contributed by atoms with Crippen molar-refractivity contribution < 1.29 is 27.1 Å². The standard InChI is InChI=1S/C31H37F4N7O3/c1-17(2)27-16-41(6-7-45-27)30-37-11-20(12-38-30)21-8-25(26(10-24(21)32)42-14-18(3)40(5)19(4)15-42)39-29(44)22-13-36-28(43)9-23(22)31(33,34)35/h8-13,17-19,27H,6-7,14-16H2,1-5H3,(H,36,43)(H,39,44)/t18-,19+,27-/m1/s1. The van der Waals surface area contributed by atoms with Crippen LogP contribution in [0.1, 0.15) is 43.6 Å². The Morgan fingerprint density at radius 2 is 1.73 bits per heavy atom. The van der Waals surface area contributed by atoms with Crippen molar-refractivity contribution in [3.63, 3.8) is 0 Å². The average Bonchev–Trinajstić information content (AvgIpc) is 3.00. The van der Waals surface area contributed by atoms with Crippen LogP contribution in [-0.4, -0.2) is 83.8 Å². The van der Waals surface area contributed by atoms with Gasteiger partial charge in [0.25, 0.3) is 5.91 Å². The molecule has 4 heterocycles. The van der Waals surface area contributed by atoms with Crippen molar-refractivity contribution in [2.75, 3.05) is 55.0 Å². The number of aromatic amines is 1. The Labute approximate surface area is 258 Å². The molecule has 242 valence electrons. The quantitative estimate of drug-likeness (QED) is 0.380. The van der Waals surface area contributed by atoms with E-state index in [1.165, 1.54) is 24.5 Å². The molecule has 0 bridgehead atoms. The molecule has 0 spiro atoms. The first kappa shape index (κ1) is 32.4. The first-order valence-corrected chi connectivity index (χ1v) is 14.8. The molecule has 2 aromatic heterocycles. The van der Waals surface area contributed by atoms with Crippen LogP contribution in [0, 0.1) is 11.7 Å². The summed E-state index contributed by atoms with van der Waals surface area (Å²) >= 11 is 0. The fraction of sp³-hybridized carbons (Fsp3) is 0.484. The Kier molecular flexibility index (Phi) is 9.17. The van der Waals surface area contributed by atoms with E-state index in [2.05, 4.69) is 39.0 Å². The number of piperazine rings is 1. The fourth-order valence-corrected chi connectivity index (χ4v) is 5.71. The number of H-pyrrole nitrogens is 1.